The molecule has 0 aliphatic carbocycles. The van der Waals surface area contributed by atoms with E-state index in [1.165, 1.54) is 5.56 Å². The monoisotopic (exact) mass is 335 g/mol. The molecule has 5 nitrogen and oxygen atoms in total. The number of halogens is 1. The summed E-state index contributed by atoms with van der Waals surface area (Å²) in [5, 5.41) is 3.76. The fourth-order valence-corrected chi connectivity index (χ4v) is 2.75. The van der Waals surface area contributed by atoms with E-state index in [-0.39, 0.29) is 18.2 Å². The summed E-state index contributed by atoms with van der Waals surface area (Å²) in [7, 11) is 0. The third kappa shape index (κ3) is 2.75. The summed E-state index contributed by atoms with van der Waals surface area (Å²) in [5.74, 6) is 0.168. The number of carbonyl (C=O) groups excluding carboxylic acids is 2. The van der Waals surface area contributed by atoms with Crippen LogP contribution in [0.25, 0.3) is 0 Å². The maximum absolute atomic E-state index is 12.0. The highest BCUT2D eigenvalue weighted by Crippen LogP contribution is 2.22. The third-order valence-corrected chi connectivity index (χ3v) is 4.10. The molecule has 1 N–H and O–H groups in total. The highest BCUT2D eigenvalue weighted by molar-refractivity contribution is 9.10. The van der Waals surface area contributed by atoms with Gasteiger partial charge < -0.3 is 4.90 Å². The largest absolute Gasteiger partial charge is 0.337 e. The van der Waals surface area contributed by atoms with Crippen molar-refractivity contribution in [2.75, 3.05) is 13.1 Å². The summed E-state index contributed by atoms with van der Waals surface area (Å²) in [6, 6.07) is 8.25. The Morgan fingerprint density at radius 2 is 2.05 bits per heavy atom. The minimum absolute atomic E-state index is 0.104. The number of nitrogens with zero attached hydrogens (tertiary/aromatic N) is 2. The Kier molecular flexibility index (Phi) is 3.56. The van der Waals surface area contributed by atoms with Crippen LogP contribution in [0, 0.1) is 5.92 Å². The van der Waals surface area contributed by atoms with E-state index in [4.69, 9.17) is 0 Å². The Morgan fingerprint density at radius 3 is 2.65 bits per heavy atom. The molecule has 3 rings (SSSR count). The molecule has 1 aromatic carbocycles. The zero-order valence-electron chi connectivity index (χ0n) is 10.8. The second kappa shape index (κ2) is 5.36. The van der Waals surface area contributed by atoms with Crippen LogP contribution in [0.1, 0.15) is 12.0 Å². The lowest BCUT2D eigenvalue weighted by molar-refractivity contribution is -0.130. The van der Waals surface area contributed by atoms with Crippen LogP contribution in [0.2, 0.25) is 0 Å². The van der Waals surface area contributed by atoms with E-state index in [1.54, 1.807) is 4.90 Å². The summed E-state index contributed by atoms with van der Waals surface area (Å²) >= 11 is 3.41. The molecule has 2 aliphatic heterocycles. The first-order valence-corrected chi connectivity index (χ1v) is 7.30. The SMILES string of the molecule is O=C1CC(C(=O)N2CC(Cc3ccc(Br)cc3)C2)=NN1. The molecule has 104 valence electrons. The number of hydrazone groups is 1. The minimum atomic E-state index is -0.208. The minimum Gasteiger partial charge on any atom is -0.337 e. The Morgan fingerprint density at radius 1 is 1.35 bits per heavy atom. The summed E-state index contributed by atoms with van der Waals surface area (Å²) in [6.07, 6.45) is 1.08. The number of benzene rings is 1. The molecule has 2 aliphatic rings. The second-order valence-electron chi connectivity index (χ2n) is 5.18. The van der Waals surface area contributed by atoms with Gasteiger partial charge in [0.2, 0.25) is 5.91 Å². The van der Waals surface area contributed by atoms with Crippen molar-refractivity contribution in [1.82, 2.24) is 10.3 Å². The molecular weight excluding hydrogens is 322 g/mol. The Hall–Kier alpha value is -1.69. The van der Waals surface area contributed by atoms with Crippen molar-refractivity contribution in [2.45, 2.75) is 12.8 Å². The zero-order valence-corrected chi connectivity index (χ0v) is 12.4. The summed E-state index contributed by atoms with van der Waals surface area (Å²) in [4.78, 5) is 24.8. The highest BCUT2D eigenvalue weighted by Gasteiger charge is 2.34. The summed E-state index contributed by atoms with van der Waals surface area (Å²) in [5.41, 5.74) is 3.92. The van der Waals surface area contributed by atoms with Crippen molar-refractivity contribution in [1.29, 1.82) is 0 Å². The first-order chi connectivity index (χ1) is 9.61. The van der Waals surface area contributed by atoms with Crippen LogP contribution in [0.4, 0.5) is 0 Å². The number of nitrogens with one attached hydrogen (secondary N) is 1. The van der Waals surface area contributed by atoms with Gasteiger partial charge in [-0.15, -0.1) is 0 Å². The average molecular weight is 336 g/mol. The summed E-state index contributed by atoms with van der Waals surface area (Å²) in [6.45, 7) is 1.48. The molecule has 20 heavy (non-hydrogen) atoms. The van der Waals surface area contributed by atoms with Gasteiger partial charge in [0.1, 0.15) is 5.71 Å². The van der Waals surface area contributed by atoms with E-state index in [9.17, 15) is 9.59 Å². The van der Waals surface area contributed by atoms with Gasteiger partial charge in [0.15, 0.2) is 0 Å². The van der Waals surface area contributed by atoms with Gasteiger partial charge in [-0.2, -0.15) is 5.10 Å². The number of hydrogen-bond donors (Lipinski definition) is 1. The molecule has 0 aromatic heterocycles. The normalized spacial score (nSPS) is 18.6. The number of likely N-dealkylation sites (tertiary alicyclic amines) is 1. The van der Waals surface area contributed by atoms with Crippen LogP contribution in [0.5, 0.6) is 0 Å². The fourth-order valence-electron chi connectivity index (χ4n) is 2.49. The Balaban J connectivity index is 1.50. The van der Waals surface area contributed by atoms with Crippen molar-refractivity contribution in [3.05, 3.63) is 34.3 Å². The number of carbonyl (C=O) groups is 2. The topological polar surface area (TPSA) is 61.8 Å². The molecule has 0 spiro atoms. The van der Waals surface area contributed by atoms with E-state index < -0.39 is 0 Å². The molecule has 2 heterocycles. The van der Waals surface area contributed by atoms with Crippen molar-refractivity contribution in [3.8, 4) is 0 Å². The lowest BCUT2D eigenvalue weighted by Gasteiger charge is -2.39. The molecule has 0 bridgehead atoms. The smallest absolute Gasteiger partial charge is 0.270 e. The fraction of sp³-hybridized carbons (Fsp3) is 0.357. The first-order valence-electron chi connectivity index (χ1n) is 6.51. The van der Waals surface area contributed by atoms with Crippen LogP contribution in [0.3, 0.4) is 0 Å². The lowest BCUT2D eigenvalue weighted by atomic mass is 9.91. The molecule has 0 radical (unpaired) electrons. The molecule has 0 atom stereocenters. The molecular formula is C14H14BrN3O2. The third-order valence-electron chi connectivity index (χ3n) is 3.57. The van der Waals surface area contributed by atoms with Gasteiger partial charge in [0.25, 0.3) is 5.91 Å². The van der Waals surface area contributed by atoms with Gasteiger partial charge in [-0.05, 0) is 30.0 Å². The van der Waals surface area contributed by atoms with Crippen LogP contribution in [-0.4, -0.2) is 35.5 Å². The Bertz CT molecular complexity index is 577. The van der Waals surface area contributed by atoms with Crippen molar-refractivity contribution >= 4 is 33.5 Å². The molecule has 0 saturated carbocycles. The van der Waals surface area contributed by atoms with Crippen LogP contribution >= 0.6 is 15.9 Å². The average Bonchev–Trinajstić information content (AvgIpc) is 2.81. The quantitative estimate of drug-likeness (QED) is 0.905. The van der Waals surface area contributed by atoms with Crippen LogP contribution in [0.15, 0.2) is 33.8 Å². The van der Waals surface area contributed by atoms with Crippen molar-refractivity contribution in [2.24, 2.45) is 11.0 Å². The van der Waals surface area contributed by atoms with Crippen LogP contribution < -0.4 is 5.43 Å². The van der Waals surface area contributed by atoms with E-state index in [0.29, 0.717) is 11.6 Å². The van der Waals surface area contributed by atoms with E-state index in [2.05, 4.69) is 38.6 Å². The van der Waals surface area contributed by atoms with Gasteiger partial charge in [-0.25, -0.2) is 5.43 Å². The molecule has 0 unspecified atom stereocenters. The molecule has 1 fully saturated rings. The maximum Gasteiger partial charge on any atom is 0.270 e. The van der Waals surface area contributed by atoms with Gasteiger partial charge in [-0.1, -0.05) is 28.1 Å². The molecule has 1 aromatic rings. The standard InChI is InChI=1S/C14H14BrN3O2/c15-11-3-1-9(2-4-11)5-10-7-18(8-10)14(20)12-6-13(19)17-16-12/h1-4,10H,5-8H2,(H,17,19). The first kappa shape index (κ1) is 13.3. The predicted molar refractivity (Wildman–Crippen MR) is 78.1 cm³/mol. The zero-order chi connectivity index (χ0) is 14.1. The van der Waals surface area contributed by atoms with Crippen molar-refractivity contribution < 1.29 is 9.59 Å². The summed E-state index contributed by atoms with van der Waals surface area (Å²) < 4.78 is 1.07. The van der Waals surface area contributed by atoms with E-state index >= 15 is 0 Å². The van der Waals surface area contributed by atoms with Crippen molar-refractivity contribution in [3.63, 3.8) is 0 Å². The number of amides is 2. The van der Waals surface area contributed by atoms with Gasteiger partial charge in [0, 0.05) is 17.6 Å². The molecule has 6 heteroatoms. The second-order valence-corrected chi connectivity index (χ2v) is 6.09. The number of hydrogen-bond acceptors (Lipinski definition) is 3. The highest BCUT2D eigenvalue weighted by atomic mass is 79.9. The predicted octanol–water partition coefficient (Wildman–Crippen LogP) is 1.33. The van der Waals surface area contributed by atoms with E-state index in [1.807, 2.05) is 12.1 Å². The van der Waals surface area contributed by atoms with E-state index in [0.717, 1.165) is 24.0 Å². The molecule has 1 saturated heterocycles. The number of rotatable bonds is 3. The van der Waals surface area contributed by atoms with Gasteiger partial charge >= 0.3 is 0 Å². The van der Waals surface area contributed by atoms with Crippen LogP contribution in [-0.2, 0) is 16.0 Å². The molecule has 2 amide bonds. The Labute approximate surface area is 125 Å². The van der Waals surface area contributed by atoms with Gasteiger partial charge in [0.05, 0.1) is 6.42 Å². The lowest BCUT2D eigenvalue weighted by Crippen LogP contribution is -2.52. The van der Waals surface area contributed by atoms with Gasteiger partial charge in [-0.3, -0.25) is 9.59 Å². The maximum atomic E-state index is 12.0.